The van der Waals surface area contributed by atoms with Gasteiger partial charge in [-0.25, -0.2) is 10.4 Å². The van der Waals surface area contributed by atoms with Crippen LogP contribution in [0.5, 0.6) is 11.5 Å². The third-order valence-electron chi connectivity index (χ3n) is 4.68. The normalized spacial score (nSPS) is 10.9. The number of hydrogen-bond donors (Lipinski definition) is 2. The van der Waals surface area contributed by atoms with Crippen molar-refractivity contribution in [2.24, 2.45) is 5.10 Å². The first-order valence-corrected chi connectivity index (χ1v) is 10.4. The fourth-order valence-electron chi connectivity index (χ4n) is 3.10. The highest BCUT2D eigenvalue weighted by Gasteiger charge is 2.13. The highest BCUT2D eigenvalue weighted by atomic mass is 16.5. The van der Waals surface area contributed by atoms with E-state index in [1.807, 2.05) is 56.6 Å². The molecule has 0 aliphatic rings. The number of ether oxygens (including phenoxy) is 2. The standard InChI is InChI=1S/C24H26N6O3/c1-30(2)13-8-14-33-22-18(11-7-12-20(22)32-3)16-26-29-24-27-21(17-9-5-4-6-10-17)19(15-25)23(31)28-24/h4-7,9-12,16H,8,13-14H2,1-3H3,(H2,27,28,29,31). The number of benzene rings is 2. The maximum Gasteiger partial charge on any atom is 0.270 e. The summed E-state index contributed by atoms with van der Waals surface area (Å²) in [5, 5.41) is 13.6. The number of nitriles is 1. The van der Waals surface area contributed by atoms with Crippen LogP contribution < -0.4 is 20.5 Å². The summed E-state index contributed by atoms with van der Waals surface area (Å²) >= 11 is 0. The number of nitrogens with one attached hydrogen (secondary N) is 2. The first kappa shape index (κ1) is 23.5. The van der Waals surface area contributed by atoms with Crippen LogP contribution in [-0.2, 0) is 0 Å². The highest BCUT2D eigenvalue weighted by Crippen LogP contribution is 2.30. The Hall–Kier alpha value is -4.16. The predicted octanol–water partition coefficient (Wildman–Crippen LogP) is 3.09. The molecule has 0 spiro atoms. The Morgan fingerprint density at radius 3 is 2.70 bits per heavy atom. The second-order valence-corrected chi connectivity index (χ2v) is 7.37. The lowest BCUT2D eigenvalue weighted by atomic mass is 10.1. The largest absolute Gasteiger partial charge is 0.493 e. The average molecular weight is 447 g/mol. The van der Waals surface area contributed by atoms with Crippen LogP contribution in [0.2, 0.25) is 0 Å². The molecule has 0 saturated heterocycles. The lowest BCUT2D eigenvalue weighted by molar-refractivity contribution is 0.268. The second kappa shape index (κ2) is 11.5. The van der Waals surface area contributed by atoms with Crippen molar-refractivity contribution in [3.63, 3.8) is 0 Å². The van der Waals surface area contributed by atoms with Gasteiger partial charge in [0, 0.05) is 17.7 Å². The number of para-hydroxylation sites is 1. The van der Waals surface area contributed by atoms with E-state index in [0.717, 1.165) is 13.0 Å². The molecule has 1 aromatic heterocycles. The maximum absolute atomic E-state index is 12.4. The van der Waals surface area contributed by atoms with Crippen LogP contribution in [0, 0.1) is 11.3 Å². The van der Waals surface area contributed by atoms with Gasteiger partial charge in [-0.15, -0.1) is 0 Å². The summed E-state index contributed by atoms with van der Waals surface area (Å²) < 4.78 is 11.4. The van der Waals surface area contributed by atoms with Crippen LogP contribution >= 0.6 is 0 Å². The number of hydrogen-bond acceptors (Lipinski definition) is 8. The number of nitrogens with zero attached hydrogens (tertiary/aromatic N) is 4. The number of aromatic nitrogens is 2. The fourth-order valence-corrected chi connectivity index (χ4v) is 3.10. The van der Waals surface area contributed by atoms with E-state index in [0.29, 0.717) is 29.2 Å². The molecule has 9 nitrogen and oxygen atoms in total. The Balaban J connectivity index is 1.82. The van der Waals surface area contributed by atoms with Gasteiger partial charge < -0.3 is 14.4 Å². The molecule has 3 aromatic rings. The van der Waals surface area contributed by atoms with E-state index in [4.69, 9.17) is 9.47 Å². The topological polar surface area (TPSA) is 116 Å². The van der Waals surface area contributed by atoms with Gasteiger partial charge in [-0.05, 0) is 32.6 Å². The lowest BCUT2D eigenvalue weighted by Crippen LogP contribution is -2.16. The molecule has 0 saturated carbocycles. The molecule has 0 unspecified atom stereocenters. The molecule has 0 radical (unpaired) electrons. The van der Waals surface area contributed by atoms with Gasteiger partial charge in [-0.1, -0.05) is 36.4 Å². The summed E-state index contributed by atoms with van der Waals surface area (Å²) in [6.07, 6.45) is 2.42. The molecule has 2 N–H and O–H groups in total. The van der Waals surface area contributed by atoms with E-state index in [1.165, 1.54) is 0 Å². The molecule has 0 aliphatic carbocycles. The van der Waals surface area contributed by atoms with Crippen LogP contribution in [0.15, 0.2) is 58.4 Å². The van der Waals surface area contributed by atoms with E-state index in [9.17, 15) is 10.1 Å². The minimum absolute atomic E-state index is 0.0584. The molecule has 0 fully saturated rings. The van der Waals surface area contributed by atoms with Crippen molar-refractivity contribution in [3.05, 3.63) is 70.0 Å². The Kier molecular flexibility index (Phi) is 8.16. The number of H-pyrrole nitrogens is 1. The maximum atomic E-state index is 12.4. The van der Waals surface area contributed by atoms with Crippen molar-refractivity contribution >= 4 is 12.2 Å². The van der Waals surface area contributed by atoms with Crippen LogP contribution in [-0.4, -0.2) is 55.4 Å². The average Bonchev–Trinajstić information content (AvgIpc) is 2.82. The number of hydrazone groups is 1. The van der Waals surface area contributed by atoms with Crippen molar-refractivity contribution < 1.29 is 9.47 Å². The minimum Gasteiger partial charge on any atom is -0.493 e. The molecule has 0 aliphatic heterocycles. The minimum atomic E-state index is -0.546. The van der Waals surface area contributed by atoms with Gasteiger partial charge in [0.2, 0.25) is 5.95 Å². The van der Waals surface area contributed by atoms with E-state index >= 15 is 0 Å². The van der Waals surface area contributed by atoms with E-state index in [1.54, 1.807) is 25.5 Å². The van der Waals surface area contributed by atoms with Crippen molar-refractivity contribution in [1.29, 1.82) is 5.26 Å². The molecule has 33 heavy (non-hydrogen) atoms. The quantitative estimate of drug-likeness (QED) is 0.279. The Bertz CT molecular complexity index is 1200. The van der Waals surface area contributed by atoms with Crippen LogP contribution in [0.25, 0.3) is 11.3 Å². The van der Waals surface area contributed by atoms with Gasteiger partial charge >= 0.3 is 0 Å². The van der Waals surface area contributed by atoms with Gasteiger partial charge in [0.15, 0.2) is 11.5 Å². The Labute approximate surface area is 192 Å². The van der Waals surface area contributed by atoms with E-state index in [2.05, 4.69) is 25.4 Å². The van der Waals surface area contributed by atoms with Crippen molar-refractivity contribution in [2.45, 2.75) is 6.42 Å². The Morgan fingerprint density at radius 2 is 2.00 bits per heavy atom. The molecular formula is C24H26N6O3. The number of rotatable bonds is 10. The van der Waals surface area contributed by atoms with Crippen molar-refractivity contribution in [1.82, 2.24) is 14.9 Å². The summed E-state index contributed by atoms with van der Waals surface area (Å²) in [5.74, 6) is 1.29. The zero-order chi connectivity index (χ0) is 23.6. The first-order valence-electron chi connectivity index (χ1n) is 10.4. The molecule has 2 aromatic carbocycles. The second-order valence-electron chi connectivity index (χ2n) is 7.37. The molecular weight excluding hydrogens is 420 g/mol. The molecule has 3 rings (SSSR count). The van der Waals surface area contributed by atoms with Crippen LogP contribution in [0.3, 0.4) is 0 Å². The summed E-state index contributed by atoms with van der Waals surface area (Å²) in [6.45, 7) is 1.43. The lowest BCUT2D eigenvalue weighted by Gasteiger charge is -2.14. The van der Waals surface area contributed by atoms with E-state index in [-0.39, 0.29) is 17.2 Å². The molecule has 170 valence electrons. The molecule has 9 heteroatoms. The van der Waals surface area contributed by atoms with Gasteiger partial charge in [0.25, 0.3) is 5.56 Å². The number of methoxy groups -OCH3 is 1. The highest BCUT2D eigenvalue weighted by molar-refractivity contribution is 5.85. The third kappa shape index (κ3) is 6.18. The summed E-state index contributed by atoms with van der Waals surface area (Å²) in [7, 11) is 5.60. The zero-order valence-electron chi connectivity index (χ0n) is 18.8. The van der Waals surface area contributed by atoms with Crippen LogP contribution in [0.1, 0.15) is 17.5 Å². The monoisotopic (exact) mass is 446 g/mol. The fraction of sp³-hybridized carbons (Fsp3) is 0.250. The number of aromatic amines is 1. The van der Waals surface area contributed by atoms with Crippen molar-refractivity contribution in [2.75, 3.05) is 39.8 Å². The summed E-state index contributed by atoms with van der Waals surface area (Å²) in [6, 6.07) is 16.5. The molecule has 0 atom stereocenters. The SMILES string of the molecule is COc1cccc(C=NNc2nc(-c3ccccc3)c(C#N)c(=O)[nH]2)c1OCCCN(C)C. The molecule has 0 amide bonds. The van der Waals surface area contributed by atoms with Crippen molar-refractivity contribution in [3.8, 4) is 28.8 Å². The predicted molar refractivity (Wildman–Crippen MR) is 128 cm³/mol. The Morgan fingerprint density at radius 1 is 1.21 bits per heavy atom. The first-order chi connectivity index (χ1) is 16.0. The molecule has 0 bridgehead atoms. The number of anilines is 1. The van der Waals surface area contributed by atoms with Gasteiger partial charge in [-0.2, -0.15) is 10.4 Å². The van der Waals surface area contributed by atoms with Gasteiger partial charge in [-0.3, -0.25) is 9.78 Å². The van der Waals surface area contributed by atoms with E-state index < -0.39 is 5.56 Å². The zero-order valence-corrected chi connectivity index (χ0v) is 18.8. The van der Waals surface area contributed by atoms with Crippen LogP contribution in [0.4, 0.5) is 5.95 Å². The third-order valence-corrected chi connectivity index (χ3v) is 4.68. The van der Waals surface area contributed by atoms with Gasteiger partial charge in [0.1, 0.15) is 11.6 Å². The smallest absolute Gasteiger partial charge is 0.270 e. The summed E-state index contributed by atoms with van der Waals surface area (Å²) in [4.78, 5) is 21.4. The van der Waals surface area contributed by atoms with Gasteiger partial charge in [0.05, 0.1) is 25.6 Å². The summed E-state index contributed by atoms with van der Waals surface area (Å²) in [5.41, 5.74) is 3.77. The molecule has 1 heterocycles.